The first kappa shape index (κ1) is 17.8. The van der Waals surface area contributed by atoms with Crippen LogP contribution in [-0.4, -0.2) is 38.1 Å². The van der Waals surface area contributed by atoms with Gasteiger partial charge in [-0.25, -0.2) is 4.39 Å². The number of carbonyl (C=O) groups excluding carboxylic acids is 2. The van der Waals surface area contributed by atoms with Crippen molar-refractivity contribution in [2.24, 2.45) is 0 Å². The van der Waals surface area contributed by atoms with Gasteiger partial charge in [0.25, 0.3) is 11.7 Å². The summed E-state index contributed by atoms with van der Waals surface area (Å²) in [6, 6.07) is 13.0. The summed E-state index contributed by atoms with van der Waals surface area (Å²) in [6.45, 7) is 0.381. The van der Waals surface area contributed by atoms with Crippen LogP contribution in [0.5, 0.6) is 0 Å². The van der Waals surface area contributed by atoms with Crippen molar-refractivity contribution in [1.82, 2.24) is 25.5 Å². The van der Waals surface area contributed by atoms with Gasteiger partial charge in [0, 0.05) is 5.69 Å². The Balaban J connectivity index is 1.42. The lowest BCUT2D eigenvalue weighted by molar-refractivity contribution is -0.118. The maximum Gasteiger partial charge on any atom is 0.293 e. The van der Waals surface area contributed by atoms with Gasteiger partial charge >= 0.3 is 0 Å². The largest absolute Gasteiger partial charge is 0.337 e. The molecule has 0 bridgehead atoms. The number of benzene rings is 2. The maximum atomic E-state index is 13.4. The zero-order valence-electron chi connectivity index (χ0n) is 14.8. The van der Waals surface area contributed by atoms with Crippen LogP contribution in [0.2, 0.25) is 0 Å². The number of aromatic nitrogens is 4. The van der Waals surface area contributed by atoms with Gasteiger partial charge in [-0.1, -0.05) is 36.4 Å². The summed E-state index contributed by atoms with van der Waals surface area (Å²) in [4.78, 5) is 26.1. The Labute approximate surface area is 159 Å². The normalized spacial score (nSPS) is 16.0. The lowest BCUT2D eigenvalue weighted by Gasteiger charge is -2.13. The molecule has 1 aromatic heterocycles. The van der Waals surface area contributed by atoms with Gasteiger partial charge in [-0.15, -0.1) is 10.2 Å². The van der Waals surface area contributed by atoms with E-state index in [1.165, 1.54) is 16.9 Å². The van der Waals surface area contributed by atoms with Crippen molar-refractivity contribution < 1.29 is 14.0 Å². The molecule has 28 heavy (non-hydrogen) atoms. The molecule has 9 heteroatoms. The highest BCUT2D eigenvalue weighted by Crippen LogP contribution is 2.23. The van der Waals surface area contributed by atoms with E-state index in [-0.39, 0.29) is 5.82 Å². The molecule has 1 aliphatic heterocycles. The number of amides is 2. The lowest BCUT2D eigenvalue weighted by atomic mass is 10.1. The second-order valence-corrected chi connectivity index (χ2v) is 6.48. The zero-order chi connectivity index (χ0) is 19.5. The van der Waals surface area contributed by atoms with E-state index in [0.29, 0.717) is 25.1 Å². The molecule has 1 atom stereocenters. The Morgan fingerprint density at radius 3 is 2.89 bits per heavy atom. The molecule has 2 aromatic carbocycles. The molecule has 8 nitrogen and oxygen atoms in total. The summed E-state index contributed by atoms with van der Waals surface area (Å²) in [5.74, 6) is -1.54. The van der Waals surface area contributed by atoms with Crippen LogP contribution in [0.4, 0.5) is 10.1 Å². The first-order valence-corrected chi connectivity index (χ1v) is 8.80. The number of tetrazole rings is 1. The fourth-order valence-corrected chi connectivity index (χ4v) is 3.04. The molecule has 0 spiro atoms. The first-order chi connectivity index (χ1) is 13.6. The van der Waals surface area contributed by atoms with E-state index in [9.17, 15) is 14.0 Å². The molecule has 0 fully saturated rings. The number of hydrogen-bond acceptors (Lipinski definition) is 5. The molecule has 0 aliphatic carbocycles. The molecule has 0 saturated heterocycles. The van der Waals surface area contributed by atoms with Gasteiger partial charge in [0.2, 0.25) is 5.91 Å². The number of fused-ring (bicyclic) bond motifs is 1. The topological polar surface area (TPSA) is 102 Å². The molecule has 142 valence electrons. The number of anilines is 1. The zero-order valence-corrected chi connectivity index (χ0v) is 14.8. The molecule has 1 aliphatic rings. The van der Waals surface area contributed by atoms with E-state index >= 15 is 0 Å². The summed E-state index contributed by atoms with van der Waals surface area (Å²) >= 11 is 0. The summed E-state index contributed by atoms with van der Waals surface area (Å²) in [6.07, 6.45) is 0.905. The second kappa shape index (κ2) is 7.55. The molecule has 3 aromatic rings. The van der Waals surface area contributed by atoms with Crippen LogP contribution >= 0.6 is 0 Å². The highest BCUT2D eigenvalue weighted by molar-refractivity contribution is 6.00. The van der Waals surface area contributed by atoms with Crippen LogP contribution in [0, 0.1) is 5.82 Å². The number of nitrogens with zero attached hydrogens (tertiary/aromatic N) is 4. The minimum absolute atomic E-state index is 0.114. The number of carbonyl (C=O) groups is 2. The fraction of sp³-hybridized carbons (Fsp3) is 0.211. The Bertz CT molecular complexity index is 1020. The number of nitrogens with one attached hydrogen (secondary N) is 2. The molecule has 2 N–H and O–H groups in total. The molecular weight excluding hydrogens is 363 g/mol. The highest BCUT2D eigenvalue weighted by atomic mass is 19.1. The van der Waals surface area contributed by atoms with Crippen molar-refractivity contribution in [3.63, 3.8) is 0 Å². The SMILES string of the molecule is O=C(N[C@H]1CCc2ccc(F)cc2NC1=O)c1nnn(Cc2ccccc2)n1. The smallest absolute Gasteiger partial charge is 0.293 e. The fourth-order valence-electron chi connectivity index (χ4n) is 3.04. The van der Waals surface area contributed by atoms with Gasteiger partial charge in [0.1, 0.15) is 11.9 Å². The van der Waals surface area contributed by atoms with Gasteiger partial charge in [0.05, 0.1) is 6.54 Å². The van der Waals surface area contributed by atoms with Crippen LogP contribution in [0.1, 0.15) is 28.2 Å². The molecule has 2 amide bonds. The molecule has 0 radical (unpaired) electrons. The Hall–Kier alpha value is -3.62. The summed E-state index contributed by atoms with van der Waals surface area (Å²) in [5, 5.41) is 17.0. The van der Waals surface area contributed by atoms with Crippen molar-refractivity contribution in [1.29, 1.82) is 0 Å². The second-order valence-electron chi connectivity index (χ2n) is 6.48. The van der Waals surface area contributed by atoms with E-state index in [4.69, 9.17) is 0 Å². The van der Waals surface area contributed by atoms with E-state index < -0.39 is 23.7 Å². The van der Waals surface area contributed by atoms with E-state index in [2.05, 4.69) is 26.0 Å². The van der Waals surface area contributed by atoms with E-state index in [1.54, 1.807) is 6.07 Å². The van der Waals surface area contributed by atoms with Crippen LogP contribution in [0.15, 0.2) is 48.5 Å². The monoisotopic (exact) mass is 380 g/mol. The Kier molecular flexibility index (Phi) is 4.79. The summed E-state index contributed by atoms with van der Waals surface area (Å²) < 4.78 is 13.4. The number of hydrogen-bond donors (Lipinski definition) is 2. The molecule has 2 heterocycles. The molecule has 0 saturated carbocycles. The van der Waals surface area contributed by atoms with Crippen LogP contribution in [-0.2, 0) is 17.8 Å². The van der Waals surface area contributed by atoms with Crippen molar-refractivity contribution in [2.45, 2.75) is 25.4 Å². The van der Waals surface area contributed by atoms with Gasteiger partial charge < -0.3 is 10.6 Å². The first-order valence-electron chi connectivity index (χ1n) is 8.80. The molecular formula is C19H17FN6O2. The van der Waals surface area contributed by atoms with Crippen LogP contribution in [0.3, 0.4) is 0 Å². The quantitative estimate of drug-likeness (QED) is 0.715. The molecule has 0 unspecified atom stereocenters. The highest BCUT2D eigenvalue weighted by Gasteiger charge is 2.27. The lowest BCUT2D eigenvalue weighted by Crippen LogP contribution is -2.43. The van der Waals surface area contributed by atoms with Gasteiger partial charge in [-0.05, 0) is 41.3 Å². The van der Waals surface area contributed by atoms with E-state index in [0.717, 1.165) is 11.1 Å². The Morgan fingerprint density at radius 1 is 1.25 bits per heavy atom. The summed E-state index contributed by atoms with van der Waals surface area (Å²) in [7, 11) is 0. The third kappa shape index (κ3) is 3.88. The minimum atomic E-state index is -0.774. The average Bonchev–Trinajstić information content (AvgIpc) is 3.09. The van der Waals surface area contributed by atoms with E-state index in [1.807, 2.05) is 30.3 Å². The Morgan fingerprint density at radius 2 is 2.07 bits per heavy atom. The third-order valence-corrected chi connectivity index (χ3v) is 4.48. The van der Waals surface area contributed by atoms with Gasteiger partial charge in [-0.2, -0.15) is 4.80 Å². The van der Waals surface area contributed by atoms with Gasteiger partial charge in [0.15, 0.2) is 0 Å². The van der Waals surface area contributed by atoms with Crippen molar-refractivity contribution in [3.8, 4) is 0 Å². The minimum Gasteiger partial charge on any atom is -0.337 e. The van der Waals surface area contributed by atoms with Crippen LogP contribution < -0.4 is 10.6 Å². The van der Waals surface area contributed by atoms with Crippen molar-refractivity contribution in [2.75, 3.05) is 5.32 Å². The van der Waals surface area contributed by atoms with Crippen molar-refractivity contribution >= 4 is 17.5 Å². The average molecular weight is 380 g/mol. The van der Waals surface area contributed by atoms with Crippen molar-refractivity contribution in [3.05, 3.63) is 71.3 Å². The number of aryl methyl sites for hydroxylation is 1. The van der Waals surface area contributed by atoms with Crippen LogP contribution in [0.25, 0.3) is 0 Å². The molecule has 4 rings (SSSR count). The predicted octanol–water partition coefficient (Wildman–Crippen LogP) is 1.54. The third-order valence-electron chi connectivity index (χ3n) is 4.48. The summed E-state index contributed by atoms with van der Waals surface area (Å²) in [5.41, 5.74) is 2.21. The standard InChI is InChI=1S/C19H17FN6O2/c20-14-8-6-13-7-9-15(18(27)22-16(13)10-14)21-19(28)17-23-25-26(24-17)11-12-4-2-1-3-5-12/h1-6,8,10,15H,7,9,11H2,(H,21,28)(H,22,27)/t15-/m0/s1. The number of rotatable bonds is 4. The van der Waals surface area contributed by atoms with Gasteiger partial charge in [-0.3, -0.25) is 9.59 Å². The predicted molar refractivity (Wildman–Crippen MR) is 98.0 cm³/mol. The number of halogens is 1. The maximum absolute atomic E-state index is 13.4.